The summed E-state index contributed by atoms with van der Waals surface area (Å²) in [4.78, 5) is 0. The van der Waals surface area contributed by atoms with Crippen molar-refractivity contribution in [1.29, 1.82) is 0 Å². The molecule has 1 saturated carbocycles. The van der Waals surface area contributed by atoms with Crippen LogP contribution in [0.1, 0.15) is 32.3 Å². The van der Waals surface area contributed by atoms with E-state index in [0.29, 0.717) is 5.92 Å². The fraction of sp³-hybridized carbons (Fsp3) is 0.571. The fourth-order valence-corrected chi connectivity index (χ4v) is 2.52. The van der Waals surface area contributed by atoms with E-state index in [0.717, 1.165) is 25.1 Å². The van der Waals surface area contributed by atoms with Crippen molar-refractivity contribution >= 4 is 0 Å². The van der Waals surface area contributed by atoms with Crippen LogP contribution in [-0.2, 0) is 5.41 Å². The minimum atomic E-state index is -0.119. The van der Waals surface area contributed by atoms with Gasteiger partial charge in [0, 0.05) is 12.0 Å². The quantitative estimate of drug-likeness (QED) is 0.753. The summed E-state index contributed by atoms with van der Waals surface area (Å²) in [7, 11) is 0. The van der Waals surface area contributed by atoms with Crippen LogP contribution in [0.2, 0.25) is 0 Å². The summed E-state index contributed by atoms with van der Waals surface area (Å²) in [5.74, 6) is 0.546. The number of hydrogen-bond donors (Lipinski definition) is 1. The van der Waals surface area contributed by atoms with E-state index in [-0.39, 0.29) is 11.2 Å². The molecular weight excluding hydrogens is 201 g/mol. The first-order chi connectivity index (χ1) is 7.69. The van der Waals surface area contributed by atoms with E-state index in [4.69, 9.17) is 0 Å². The van der Waals surface area contributed by atoms with E-state index in [1.807, 2.05) is 6.07 Å². The first-order valence-electron chi connectivity index (χ1n) is 6.16. The van der Waals surface area contributed by atoms with Crippen LogP contribution >= 0.6 is 0 Å². The summed E-state index contributed by atoms with van der Waals surface area (Å²) in [5, 5.41) is 3.46. The third kappa shape index (κ3) is 2.12. The summed E-state index contributed by atoms with van der Waals surface area (Å²) in [6.45, 7) is 6.44. The highest BCUT2D eigenvalue weighted by Crippen LogP contribution is 2.53. The Morgan fingerprint density at radius 1 is 1.50 bits per heavy atom. The minimum absolute atomic E-state index is 0.119. The number of hydrogen-bond acceptors (Lipinski definition) is 1. The molecule has 2 rings (SSSR count). The van der Waals surface area contributed by atoms with Gasteiger partial charge in [-0.1, -0.05) is 26.0 Å². The van der Waals surface area contributed by atoms with Gasteiger partial charge >= 0.3 is 0 Å². The predicted octanol–water partition coefficient (Wildman–Crippen LogP) is 3.10. The van der Waals surface area contributed by atoms with Gasteiger partial charge in [-0.15, -0.1) is 0 Å². The summed E-state index contributed by atoms with van der Waals surface area (Å²) in [5.41, 5.74) is 1.35. The van der Waals surface area contributed by atoms with E-state index >= 15 is 0 Å². The summed E-state index contributed by atoms with van der Waals surface area (Å²) >= 11 is 0. The first-order valence-corrected chi connectivity index (χ1v) is 6.16. The Morgan fingerprint density at radius 2 is 2.25 bits per heavy atom. The Hall–Kier alpha value is -0.890. The molecule has 2 atom stereocenters. The second kappa shape index (κ2) is 4.54. The Morgan fingerprint density at radius 3 is 2.81 bits per heavy atom. The van der Waals surface area contributed by atoms with Gasteiger partial charge in [-0.05, 0) is 43.0 Å². The lowest BCUT2D eigenvalue weighted by Gasteiger charge is -2.18. The van der Waals surface area contributed by atoms with Gasteiger partial charge in [0.15, 0.2) is 0 Å². The second-order valence-electron chi connectivity index (χ2n) is 4.95. The van der Waals surface area contributed by atoms with Gasteiger partial charge in [0.05, 0.1) is 0 Å². The Bertz CT molecular complexity index is 364. The van der Waals surface area contributed by atoms with Gasteiger partial charge in [0.25, 0.3) is 0 Å². The molecule has 0 radical (unpaired) electrons. The van der Waals surface area contributed by atoms with Gasteiger partial charge in [-0.25, -0.2) is 4.39 Å². The Balaban J connectivity index is 2.10. The molecule has 0 bridgehead atoms. The standard InChI is InChI=1S/C14H20FN/c1-3-7-16-10-14(9-11(14)2)12-5-4-6-13(15)8-12/h4-6,8,11,16H,3,7,9-10H2,1-2H3. The van der Waals surface area contributed by atoms with Crippen LogP contribution in [0, 0.1) is 11.7 Å². The van der Waals surface area contributed by atoms with E-state index < -0.39 is 0 Å². The van der Waals surface area contributed by atoms with Crippen molar-refractivity contribution in [2.24, 2.45) is 5.92 Å². The molecule has 1 aliphatic rings. The molecule has 0 aromatic heterocycles. The van der Waals surface area contributed by atoms with Crippen molar-refractivity contribution in [3.63, 3.8) is 0 Å². The van der Waals surface area contributed by atoms with Crippen LogP contribution in [0.15, 0.2) is 24.3 Å². The lowest BCUT2D eigenvalue weighted by molar-refractivity contribution is 0.536. The number of nitrogens with one attached hydrogen (secondary N) is 1. The number of benzene rings is 1. The van der Waals surface area contributed by atoms with Gasteiger partial charge in [-0.3, -0.25) is 0 Å². The second-order valence-corrected chi connectivity index (χ2v) is 4.95. The minimum Gasteiger partial charge on any atom is -0.316 e. The highest BCUT2D eigenvalue weighted by molar-refractivity contribution is 5.34. The zero-order valence-electron chi connectivity index (χ0n) is 10.1. The highest BCUT2D eigenvalue weighted by Gasteiger charge is 2.51. The Kier molecular flexibility index (Phi) is 3.29. The summed E-state index contributed by atoms with van der Waals surface area (Å²) < 4.78 is 13.2. The number of rotatable bonds is 5. The first kappa shape index (κ1) is 11.6. The smallest absolute Gasteiger partial charge is 0.123 e. The molecule has 1 aromatic carbocycles. The molecule has 1 nitrogen and oxygen atoms in total. The van der Waals surface area contributed by atoms with Crippen molar-refractivity contribution in [2.75, 3.05) is 13.1 Å². The van der Waals surface area contributed by atoms with Crippen molar-refractivity contribution < 1.29 is 4.39 Å². The maximum Gasteiger partial charge on any atom is 0.123 e. The number of halogens is 1. The largest absolute Gasteiger partial charge is 0.316 e. The topological polar surface area (TPSA) is 12.0 Å². The molecular formula is C14H20FN. The third-order valence-corrected chi connectivity index (χ3v) is 3.72. The van der Waals surface area contributed by atoms with Crippen LogP contribution < -0.4 is 5.32 Å². The molecule has 0 spiro atoms. The van der Waals surface area contributed by atoms with E-state index in [9.17, 15) is 4.39 Å². The summed E-state index contributed by atoms with van der Waals surface area (Å²) in [6.07, 6.45) is 2.32. The normalized spacial score (nSPS) is 28.1. The van der Waals surface area contributed by atoms with Gasteiger partial charge < -0.3 is 5.32 Å². The monoisotopic (exact) mass is 221 g/mol. The fourth-order valence-electron chi connectivity index (χ4n) is 2.52. The van der Waals surface area contributed by atoms with E-state index in [1.54, 1.807) is 6.07 Å². The van der Waals surface area contributed by atoms with Gasteiger partial charge in [-0.2, -0.15) is 0 Å². The van der Waals surface area contributed by atoms with Gasteiger partial charge in [0.2, 0.25) is 0 Å². The highest BCUT2D eigenvalue weighted by atomic mass is 19.1. The molecule has 0 heterocycles. The van der Waals surface area contributed by atoms with Crippen molar-refractivity contribution in [1.82, 2.24) is 5.32 Å². The molecule has 0 amide bonds. The molecule has 1 aliphatic carbocycles. The van der Waals surface area contributed by atoms with E-state index in [2.05, 4.69) is 25.2 Å². The van der Waals surface area contributed by atoms with Crippen LogP contribution in [-0.4, -0.2) is 13.1 Å². The molecule has 2 unspecified atom stereocenters. The van der Waals surface area contributed by atoms with Crippen molar-refractivity contribution in [2.45, 2.75) is 32.1 Å². The zero-order chi connectivity index (χ0) is 11.6. The third-order valence-electron chi connectivity index (χ3n) is 3.72. The lowest BCUT2D eigenvalue weighted by atomic mass is 9.93. The lowest BCUT2D eigenvalue weighted by Crippen LogP contribution is -2.29. The average molecular weight is 221 g/mol. The predicted molar refractivity (Wildman–Crippen MR) is 65.0 cm³/mol. The molecule has 1 aromatic rings. The molecule has 0 saturated heterocycles. The summed E-state index contributed by atoms with van der Waals surface area (Å²) in [6, 6.07) is 7.08. The van der Waals surface area contributed by atoms with Crippen LogP contribution in [0.5, 0.6) is 0 Å². The molecule has 1 fully saturated rings. The van der Waals surface area contributed by atoms with E-state index in [1.165, 1.54) is 12.5 Å². The Labute approximate surface area is 97.1 Å². The van der Waals surface area contributed by atoms with Crippen molar-refractivity contribution in [3.8, 4) is 0 Å². The molecule has 88 valence electrons. The van der Waals surface area contributed by atoms with Crippen LogP contribution in [0.4, 0.5) is 4.39 Å². The van der Waals surface area contributed by atoms with Crippen LogP contribution in [0.3, 0.4) is 0 Å². The van der Waals surface area contributed by atoms with Gasteiger partial charge in [0.1, 0.15) is 5.82 Å². The molecule has 2 heteroatoms. The maximum absolute atomic E-state index is 13.2. The van der Waals surface area contributed by atoms with Crippen molar-refractivity contribution in [3.05, 3.63) is 35.6 Å². The molecule has 1 N–H and O–H groups in total. The average Bonchev–Trinajstić information content (AvgIpc) is 2.91. The van der Waals surface area contributed by atoms with Crippen LogP contribution in [0.25, 0.3) is 0 Å². The molecule has 0 aliphatic heterocycles. The maximum atomic E-state index is 13.2. The SMILES string of the molecule is CCCNCC1(c2cccc(F)c2)CC1C. The zero-order valence-corrected chi connectivity index (χ0v) is 10.1. The molecule has 16 heavy (non-hydrogen) atoms.